The molecule has 0 radical (unpaired) electrons. The van der Waals surface area contributed by atoms with E-state index in [4.69, 9.17) is 0 Å². The third kappa shape index (κ3) is 4.28. The van der Waals surface area contributed by atoms with Crippen LogP contribution in [0.5, 0.6) is 0 Å². The Morgan fingerprint density at radius 2 is 1.79 bits per heavy atom. The number of nitrogens with zero attached hydrogens (tertiary/aromatic N) is 4. The van der Waals surface area contributed by atoms with Crippen molar-refractivity contribution in [3.8, 4) is 11.3 Å². The van der Waals surface area contributed by atoms with Gasteiger partial charge < -0.3 is 10.2 Å². The van der Waals surface area contributed by atoms with Crippen LogP contribution in [0.25, 0.3) is 11.3 Å². The fourth-order valence-corrected chi connectivity index (χ4v) is 2.67. The van der Waals surface area contributed by atoms with Gasteiger partial charge in [-0.25, -0.2) is 18.7 Å². The molecule has 0 unspecified atom stereocenters. The second-order valence-corrected chi connectivity index (χ2v) is 5.92. The normalized spacial score (nSPS) is 10.6. The first-order valence-electron chi connectivity index (χ1n) is 8.82. The van der Waals surface area contributed by atoms with Gasteiger partial charge in [0, 0.05) is 37.1 Å². The zero-order valence-corrected chi connectivity index (χ0v) is 15.5. The first kappa shape index (κ1) is 19.3. The molecule has 0 saturated heterocycles. The Hall–Kier alpha value is -3.42. The van der Waals surface area contributed by atoms with Crippen molar-refractivity contribution in [3.63, 3.8) is 0 Å². The van der Waals surface area contributed by atoms with Crippen molar-refractivity contribution in [2.75, 3.05) is 18.4 Å². The van der Waals surface area contributed by atoms with E-state index in [-0.39, 0.29) is 17.5 Å². The van der Waals surface area contributed by atoms with Gasteiger partial charge in [-0.2, -0.15) is 0 Å². The van der Waals surface area contributed by atoms with Gasteiger partial charge in [-0.05, 0) is 44.2 Å². The third-order valence-corrected chi connectivity index (χ3v) is 4.16. The Kier molecular flexibility index (Phi) is 5.88. The number of hydrogen-bond donors (Lipinski definition) is 1. The molecule has 0 aliphatic rings. The summed E-state index contributed by atoms with van der Waals surface area (Å²) in [6.07, 6.45) is 3.03. The monoisotopic (exact) mass is 383 g/mol. The molecule has 8 heteroatoms. The molecule has 1 N–H and O–H groups in total. The number of carbonyl (C=O) groups excluding carboxylic acids is 1. The summed E-state index contributed by atoms with van der Waals surface area (Å²) in [6, 6.07) is 8.11. The zero-order valence-electron chi connectivity index (χ0n) is 15.5. The number of halogens is 2. The third-order valence-electron chi connectivity index (χ3n) is 4.16. The molecule has 0 atom stereocenters. The first-order valence-corrected chi connectivity index (χ1v) is 8.82. The van der Waals surface area contributed by atoms with Crippen LogP contribution in [0.3, 0.4) is 0 Å². The number of benzene rings is 1. The quantitative estimate of drug-likeness (QED) is 0.696. The lowest BCUT2D eigenvalue weighted by atomic mass is 10.1. The topological polar surface area (TPSA) is 71.0 Å². The van der Waals surface area contributed by atoms with Crippen LogP contribution in [0.15, 0.2) is 48.8 Å². The number of anilines is 2. The number of aromatic nitrogens is 3. The van der Waals surface area contributed by atoms with Crippen LogP contribution in [0.2, 0.25) is 0 Å². The second kappa shape index (κ2) is 8.51. The molecule has 1 aromatic carbocycles. The van der Waals surface area contributed by atoms with Crippen molar-refractivity contribution in [2.24, 2.45) is 0 Å². The highest BCUT2D eigenvalue weighted by Crippen LogP contribution is 2.22. The molecule has 3 rings (SSSR count). The lowest BCUT2D eigenvalue weighted by molar-refractivity contribution is 0.0767. The lowest BCUT2D eigenvalue weighted by Gasteiger charge is -2.18. The SMILES string of the molecule is CCN(CC)C(=O)c1cc(-c2ccnc(Nc3cc(F)ccc3F)n2)ccn1. The number of nitrogens with one attached hydrogen (secondary N) is 1. The minimum atomic E-state index is -0.619. The van der Waals surface area contributed by atoms with Gasteiger partial charge in [0.25, 0.3) is 5.91 Å². The highest BCUT2D eigenvalue weighted by Gasteiger charge is 2.15. The summed E-state index contributed by atoms with van der Waals surface area (Å²) in [5.41, 5.74) is 1.43. The summed E-state index contributed by atoms with van der Waals surface area (Å²) in [5, 5.41) is 2.67. The Balaban J connectivity index is 1.89. The van der Waals surface area contributed by atoms with E-state index in [0.29, 0.717) is 30.0 Å². The van der Waals surface area contributed by atoms with Gasteiger partial charge in [0.15, 0.2) is 0 Å². The lowest BCUT2D eigenvalue weighted by Crippen LogP contribution is -2.31. The molecule has 6 nitrogen and oxygen atoms in total. The molecule has 0 aliphatic carbocycles. The average Bonchev–Trinajstić information content (AvgIpc) is 2.72. The van der Waals surface area contributed by atoms with Gasteiger partial charge in [0.05, 0.1) is 11.4 Å². The van der Waals surface area contributed by atoms with E-state index in [9.17, 15) is 13.6 Å². The molecular formula is C20H19F2N5O. The average molecular weight is 383 g/mol. The van der Waals surface area contributed by atoms with E-state index < -0.39 is 11.6 Å². The smallest absolute Gasteiger partial charge is 0.272 e. The summed E-state index contributed by atoms with van der Waals surface area (Å²) in [5.74, 6) is -1.25. The molecule has 2 heterocycles. The second-order valence-electron chi connectivity index (χ2n) is 5.92. The molecule has 0 saturated carbocycles. The standard InChI is InChI=1S/C20H19F2N5O/c1-3-27(4-2)19(28)18-11-13(7-9-23-18)16-8-10-24-20(25-16)26-17-12-14(21)5-6-15(17)22/h5-12H,3-4H2,1-2H3,(H,24,25,26). The van der Waals surface area contributed by atoms with Gasteiger partial charge in [-0.1, -0.05) is 0 Å². The minimum absolute atomic E-state index is 0.0655. The van der Waals surface area contributed by atoms with Gasteiger partial charge in [0.2, 0.25) is 5.95 Å². The molecule has 1 amide bonds. The van der Waals surface area contributed by atoms with Crippen molar-refractivity contribution in [2.45, 2.75) is 13.8 Å². The van der Waals surface area contributed by atoms with Crippen molar-refractivity contribution < 1.29 is 13.6 Å². The Morgan fingerprint density at radius 3 is 2.54 bits per heavy atom. The van der Waals surface area contributed by atoms with Crippen LogP contribution in [0.1, 0.15) is 24.3 Å². The summed E-state index contributed by atoms with van der Waals surface area (Å²) in [4.78, 5) is 26.7. The number of pyridine rings is 1. The van der Waals surface area contributed by atoms with Crippen molar-refractivity contribution in [1.82, 2.24) is 19.9 Å². The molecule has 0 aliphatic heterocycles. The van der Waals surface area contributed by atoms with Gasteiger partial charge in [-0.3, -0.25) is 9.78 Å². The van der Waals surface area contributed by atoms with E-state index in [0.717, 1.165) is 18.2 Å². The Bertz CT molecular complexity index is 992. The number of hydrogen-bond acceptors (Lipinski definition) is 5. The van der Waals surface area contributed by atoms with E-state index >= 15 is 0 Å². The fraction of sp³-hybridized carbons (Fsp3) is 0.200. The van der Waals surface area contributed by atoms with Crippen LogP contribution in [0, 0.1) is 11.6 Å². The summed E-state index contributed by atoms with van der Waals surface area (Å²) < 4.78 is 27.2. The first-order chi connectivity index (χ1) is 13.5. The van der Waals surface area contributed by atoms with Crippen LogP contribution in [0.4, 0.5) is 20.4 Å². The predicted molar refractivity (Wildman–Crippen MR) is 102 cm³/mol. The molecule has 3 aromatic rings. The maximum absolute atomic E-state index is 13.8. The summed E-state index contributed by atoms with van der Waals surface area (Å²) in [7, 11) is 0. The summed E-state index contributed by atoms with van der Waals surface area (Å²) in [6.45, 7) is 4.97. The molecule has 2 aromatic heterocycles. The highest BCUT2D eigenvalue weighted by atomic mass is 19.1. The maximum atomic E-state index is 13.8. The highest BCUT2D eigenvalue weighted by molar-refractivity contribution is 5.93. The molecule has 0 fully saturated rings. The van der Waals surface area contributed by atoms with Crippen molar-refractivity contribution >= 4 is 17.5 Å². The molecule has 0 spiro atoms. The number of rotatable bonds is 6. The zero-order chi connectivity index (χ0) is 20.1. The largest absolute Gasteiger partial charge is 0.338 e. The molecule has 28 heavy (non-hydrogen) atoms. The van der Waals surface area contributed by atoms with Gasteiger partial charge in [-0.15, -0.1) is 0 Å². The molecule has 0 bridgehead atoms. The van der Waals surface area contributed by atoms with Gasteiger partial charge in [0.1, 0.15) is 17.3 Å². The summed E-state index contributed by atoms with van der Waals surface area (Å²) >= 11 is 0. The van der Waals surface area contributed by atoms with Crippen LogP contribution >= 0.6 is 0 Å². The van der Waals surface area contributed by atoms with E-state index in [1.807, 2.05) is 13.8 Å². The van der Waals surface area contributed by atoms with Crippen molar-refractivity contribution in [3.05, 3.63) is 66.1 Å². The minimum Gasteiger partial charge on any atom is -0.338 e. The maximum Gasteiger partial charge on any atom is 0.272 e. The number of carbonyl (C=O) groups is 1. The van der Waals surface area contributed by atoms with Crippen LogP contribution in [-0.2, 0) is 0 Å². The van der Waals surface area contributed by atoms with E-state index in [2.05, 4.69) is 20.3 Å². The Labute approximate surface area is 161 Å². The Morgan fingerprint density at radius 1 is 1.04 bits per heavy atom. The number of amides is 1. The van der Waals surface area contributed by atoms with E-state index in [1.54, 1.807) is 23.1 Å². The molecule has 144 valence electrons. The fourth-order valence-electron chi connectivity index (χ4n) is 2.67. The van der Waals surface area contributed by atoms with Crippen LogP contribution < -0.4 is 5.32 Å². The van der Waals surface area contributed by atoms with Crippen LogP contribution in [-0.4, -0.2) is 38.8 Å². The predicted octanol–water partition coefficient (Wildman–Crippen LogP) is 4.04. The van der Waals surface area contributed by atoms with Crippen molar-refractivity contribution in [1.29, 1.82) is 0 Å². The van der Waals surface area contributed by atoms with Gasteiger partial charge >= 0.3 is 0 Å². The van der Waals surface area contributed by atoms with E-state index in [1.165, 1.54) is 12.4 Å². The molecular weight excluding hydrogens is 364 g/mol.